The molecule has 0 fully saturated rings. The fourth-order valence-electron chi connectivity index (χ4n) is 0.983. The lowest BCUT2D eigenvalue weighted by Crippen LogP contribution is -2.08. The van der Waals surface area contributed by atoms with Crippen LogP contribution in [-0.2, 0) is 5.33 Å². The van der Waals surface area contributed by atoms with Gasteiger partial charge in [-0.3, -0.25) is 0 Å². The molecule has 0 radical (unpaired) electrons. The Labute approximate surface area is 106 Å². The fraction of sp³-hybridized carbons (Fsp3) is 0.250. The van der Waals surface area contributed by atoms with E-state index in [0.29, 0.717) is 0 Å². The third-order valence-electron chi connectivity index (χ3n) is 1.65. The second kappa shape index (κ2) is 5.15. The molecule has 1 N–H and O–H groups in total. The van der Waals surface area contributed by atoms with Gasteiger partial charge in [-0.25, -0.2) is 18.6 Å². The Morgan fingerprint density at radius 2 is 2.27 bits per heavy atom. The first-order valence-electron chi connectivity index (χ1n) is 3.74. The Hall–Kier alpha value is -0.310. The highest BCUT2D eigenvalue weighted by atomic mass is 127. The van der Waals surface area contributed by atoms with Crippen LogP contribution in [0.1, 0.15) is 28.2 Å². The van der Waals surface area contributed by atoms with Crippen molar-refractivity contribution in [1.29, 1.82) is 0 Å². The van der Waals surface area contributed by atoms with Crippen molar-refractivity contribution in [3.05, 3.63) is 26.6 Å². The second-order valence-corrected chi connectivity index (χ2v) is 4.31. The van der Waals surface area contributed by atoms with E-state index in [1.54, 1.807) is 22.6 Å². The first-order chi connectivity index (χ1) is 6.97. The molecule has 1 rings (SSSR count). The van der Waals surface area contributed by atoms with Crippen LogP contribution in [0.4, 0.5) is 8.78 Å². The molecule has 1 heterocycles. The van der Waals surface area contributed by atoms with Crippen LogP contribution in [0.2, 0.25) is 0 Å². The van der Waals surface area contributed by atoms with E-state index in [1.165, 1.54) is 6.07 Å². The number of carboxylic acid groups (broad SMARTS) is 1. The zero-order valence-corrected chi connectivity index (χ0v) is 10.9. The van der Waals surface area contributed by atoms with E-state index >= 15 is 0 Å². The fourth-order valence-corrected chi connectivity index (χ4v) is 2.08. The first kappa shape index (κ1) is 12.8. The smallest absolute Gasteiger partial charge is 0.337 e. The quantitative estimate of drug-likeness (QED) is 0.635. The topological polar surface area (TPSA) is 50.2 Å². The van der Waals surface area contributed by atoms with Crippen molar-refractivity contribution in [1.82, 2.24) is 4.98 Å². The summed E-state index contributed by atoms with van der Waals surface area (Å²) >= 11 is 4.66. The molecule has 82 valence electrons. The van der Waals surface area contributed by atoms with Gasteiger partial charge in [0.2, 0.25) is 0 Å². The van der Waals surface area contributed by atoms with E-state index in [2.05, 4.69) is 20.9 Å². The van der Waals surface area contributed by atoms with Gasteiger partial charge in [0, 0.05) is 8.90 Å². The second-order valence-electron chi connectivity index (χ2n) is 2.59. The third kappa shape index (κ3) is 2.83. The van der Waals surface area contributed by atoms with Gasteiger partial charge < -0.3 is 5.11 Å². The number of halogens is 4. The molecule has 0 atom stereocenters. The summed E-state index contributed by atoms with van der Waals surface area (Å²) in [6, 6.07) is 1.20. The summed E-state index contributed by atoms with van der Waals surface area (Å²) in [7, 11) is 0. The van der Waals surface area contributed by atoms with Gasteiger partial charge in [0.1, 0.15) is 5.69 Å². The summed E-state index contributed by atoms with van der Waals surface area (Å²) in [4.78, 5) is 14.4. The SMILES string of the molecule is O=C(O)c1cc(I)c(C(F)F)nc1CBr. The number of carbonyl (C=O) groups is 1. The van der Waals surface area contributed by atoms with Crippen LogP contribution >= 0.6 is 38.5 Å². The molecule has 0 aliphatic rings. The number of aromatic carboxylic acids is 1. The van der Waals surface area contributed by atoms with E-state index < -0.39 is 12.4 Å². The molecule has 0 bridgehead atoms. The molecule has 0 spiro atoms. The summed E-state index contributed by atoms with van der Waals surface area (Å²) in [6.07, 6.45) is -2.70. The maximum Gasteiger partial charge on any atom is 0.337 e. The van der Waals surface area contributed by atoms with Crippen LogP contribution in [0.5, 0.6) is 0 Å². The van der Waals surface area contributed by atoms with E-state index in [4.69, 9.17) is 5.11 Å². The molecule has 3 nitrogen and oxygen atoms in total. The molecule has 0 amide bonds. The van der Waals surface area contributed by atoms with Crippen molar-refractivity contribution < 1.29 is 18.7 Å². The highest BCUT2D eigenvalue weighted by molar-refractivity contribution is 14.1. The lowest BCUT2D eigenvalue weighted by Gasteiger charge is -2.07. The van der Waals surface area contributed by atoms with Gasteiger partial charge in [-0.1, -0.05) is 15.9 Å². The van der Waals surface area contributed by atoms with Crippen LogP contribution in [0.15, 0.2) is 6.07 Å². The number of carboxylic acids is 1. The van der Waals surface area contributed by atoms with Gasteiger partial charge in [0.15, 0.2) is 0 Å². The van der Waals surface area contributed by atoms with Crippen LogP contribution in [-0.4, -0.2) is 16.1 Å². The Balaban J connectivity index is 3.35. The van der Waals surface area contributed by atoms with Gasteiger partial charge in [0.25, 0.3) is 6.43 Å². The molecule has 0 unspecified atom stereocenters. The standard InChI is InChI=1S/C8H5BrF2INO2/c9-2-5-3(8(14)15)1-4(12)6(13-5)7(10)11/h1,7H,2H2,(H,14,15). The molecule has 0 aliphatic heterocycles. The number of hydrogen-bond acceptors (Lipinski definition) is 2. The van der Waals surface area contributed by atoms with Crippen molar-refractivity contribution >= 4 is 44.5 Å². The van der Waals surface area contributed by atoms with Crippen LogP contribution < -0.4 is 0 Å². The molecular formula is C8H5BrF2INO2. The maximum atomic E-state index is 12.4. The first-order valence-corrected chi connectivity index (χ1v) is 5.94. The molecule has 15 heavy (non-hydrogen) atoms. The van der Waals surface area contributed by atoms with Crippen LogP contribution in [0, 0.1) is 3.57 Å². The van der Waals surface area contributed by atoms with Crippen molar-refractivity contribution in [3.8, 4) is 0 Å². The van der Waals surface area contributed by atoms with Gasteiger partial charge in [-0.15, -0.1) is 0 Å². The zero-order valence-electron chi connectivity index (χ0n) is 7.18. The highest BCUT2D eigenvalue weighted by Crippen LogP contribution is 2.25. The molecule has 0 saturated carbocycles. The van der Waals surface area contributed by atoms with Crippen LogP contribution in [0.25, 0.3) is 0 Å². The number of alkyl halides is 3. The minimum Gasteiger partial charge on any atom is -0.478 e. The summed E-state index contributed by atoms with van der Waals surface area (Å²) < 4.78 is 25.1. The Morgan fingerprint density at radius 1 is 1.67 bits per heavy atom. The predicted molar refractivity (Wildman–Crippen MR) is 61.5 cm³/mol. The average Bonchev–Trinajstić information content (AvgIpc) is 2.16. The monoisotopic (exact) mass is 391 g/mol. The minimum absolute atomic E-state index is 0.0549. The van der Waals surface area contributed by atoms with E-state index in [9.17, 15) is 13.6 Å². The molecule has 0 saturated heterocycles. The maximum absolute atomic E-state index is 12.4. The van der Waals surface area contributed by atoms with E-state index in [-0.39, 0.29) is 25.9 Å². The zero-order chi connectivity index (χ0) is 11.6. The van der Waals surface area contributed by atoms with Crippen molar-refractivity contribution in [2.45, 2.75) is 11.8 Å². The Morgan fingerprint density at radius 3 is 2.67 bits per heavy atom. The molecule has 0 aliphatic carbocycles. The van der Waals surface area contributed by atoms with Crippen molar-refractivity contribution in [3.63, 3.8) is 0 Å². The molecule has 1 aromatic heterocycles. The molecule has 1 aromatic rings. The van der Waals surface area contributed by atoms with Gasteiger partial charge >= 0.3 is 5.97 Å². The summed E-state index contributed by atoms with van der Waals surface area (Å²) in [5, 5.41) is 8.93. The largest absolute Gasteiger partial charge is 0.478 e. The van der Waals surface area contributed by atoms with E-state index in [0.717, 1.165) is 0 Å². The predicted octanol–water partition coefficient (Wildman–Crippen LogP) is 3.22. The highest BCUT2D eigenvalue weighted by Gasteiger charge is 2.19. The number of nitrogens with zero attached hydrogens (tertiary/aromatic N) is 1. The van der Waals surface area contributed by atoms with Gasteiger partial charge in [-0.05, 0) is 28.7 Å². The number of aromatic nitrogens is 1. The lowest BCUT2D eigenvalue weighted by molar-refractivity contribution is 0.0694. The van der Waals surface area contributed by atoms with Gasteiger partial charge in [-0.2, -0.15) is 0 Å². The summed E-state index contributed by atoms with van der Waals surface area (Å²) in [5.74, 6) is -1.17. The van der Waals surface area contributed by atoms with E-state index in [1.807, 2.05) is 0 Å². The van der Waals surface area contributed by atoms with Crippen molar-refractivity contribution in [2.24, 2.45) is 0 Å². The molecule has 0 aromatic carbocycles. The van der Waals surface area contributed by atoms with Crippen LogP contribution in [0.3, 0.4) is 0 Å². The third-order valence-corrected chi connectivity index (χ3v) is 3.04. The molecular weight excluding hydrogens is 387 g/mol. The van der Waals surface area contributed by atoms with Gasteiger partial charge in [0.05, 0.1) is 11.3 Å². The average molecular weight is 392 g/mol. The minimum atomic E-state index is -2.70. The number of pyridine rings is 1. The van der Waals surface area contributed by atoms with Crippen molar-refractivity contribution in [2.75, 3.05) is 0 Å². The lowest BCUT2D eigenvalue weighted by atomic mass is 10.2. The summed E-state index contributed by atoms with van der Waals surface area (Å²) in [5.41, 5.74) is -0.325. The number of rotatable bonds is 3. The Kier molecular flexibility index (Phi) is 4.38. The Bertz CT molecular complexity index is 400. The normalized spacial score (nSPS) is 10.7. The number of hydrogen-bond donors (Lipinski definition) is 1. The summed E-state index contributed by atoms with van der Waals surface area (Å²) in [6.45, 7) is 0. The molecule has 7 heteroatoms.